The van der Waals surface area contributed by atoms with Crippen LogP contribution >= 0.6 is 0 Å². The number of hydroxylamine groups is 1. The minimum absolute atomic E-state index is 0.0152. The third-order valence-electron chi connectivity index (χ3n) is 8.48. The molecule has 0 spiro atoms. The molecule has 1 aromatic carbocycles. The van der Waals surface area contributed by atoms with Crippen LogP contribution in [0.4, 0.5) is 23.1 Å². The van der Waals surface area contributed by atoms with E-state index in [2.05, 4.69) is 25.1 Å². The van der Waals surface area contributed by atoms with Crippen LogP contribution in [0.5, 0.6) is 0 Å². The second-order valence-corrected chi connectivity index (χ2v) is 11.1. The molecule has 4 aromatic rings. The number of nitrogens with one attached hydrogen (secondary N) is 2. The Labute approximate surface area is 248 Å². The summed E-state index contributed by atoms with van der Waals surface area (Å²) in [6.45, 7) is 6.45. The summed E-state index contributed by atoms with van der Waals surface area (Å²) in [5.41, 5.74) is 5.17. The summed E-state index contributed by atoms with van der Waals surface area (Å²) < 4.78 is 1.70. The molecule has 0 bridgehead atoms. The summed E-state index contributed by atoms with van der Waals surface area (Å²) in [5, 5.41) is 12.7. The van der Waals surface area contributed by atoms with E-state index in [9.17, 15) is 14.4 Å². The van der Waals surface area contributed by atoms with Gasteiger partial charge in [0.2, 0.25) is 5.95 Å². The second kappa shape index (κ2) is 11.8. The maximum atomic E-state index is 13.5. The van der Waals surface area contributed by atoms with Gasteiger partial charge in [-0.25, -0.2) is 15.4 Å². The van der Waals surface area contributed by atoms with E-state index in [1.54, 1.807) is 35.3 Å². The van der Waals surface area contributed by atoms with Gasteiger partial charge < -0.3 is 15.1 Å². The predicted octanol–water partition coefficient (Wildman–Crippen LogP) is 4.00. The van der Waals surface area contributed by atoms with Crippen molar-refractivity contribution in [2.45, 2.75) is 45.6 Å². The molecule has 12 nitrogen and oxygen atoms in total. The zero-order valence-electron chi connectivity index (χ0n) is 24.2. The van der Waals surface area contributed by atoms with Crippen molar-refractivity contribution in [2.24, 2.45) is 0 Å². The largest absolute Gasteiger partial charge is 0.368 e. The standard InChI is InChI=1S/C31H34N8O4/c1-19-25-18-33-31(35-28(25)39(23-5-3-4-6-23)30(42)27(19)20(2)40)34-26-12-11-24(17-32-26)38-15-13-37(14-16-38)22-9-7-21(8-10-22)29(41)36-43/h7-12,17-18,23,43H,3-6,13-16H2,1-2H3,(H,36,41)(H,32,33,34,35). The Hall–Kier alpha value is -4.84. The van der Waals surface area contributed by atoms with Crippen LogP contribution in [0.15, 0.2) is 53.6 Å². The summed E-state index contributed by atoms with van der Waals surface area (Å²) in [6.07, 6.45) is 7.35. The number of aryl methyl sites for hydroxylation is 1. The van der Waals surface area contributed by atoms with Crippen LogP contribution in [0, 0.1) is 6.92 Å². The van der Waals surface area contributed by atoms with Crippen molar-refractivity contribution >= 4 is 45.9 Å². The minimum atomic E-state index is -0.531. The number of pyridine rings is 2. The number of Topliss-reactive ketones (excluding diaryl/α,β-unsaturated/α-hetero) is 1. The summed E-state index contributed by atoms with van der Waals surface area (Å²) in [4.78, 5) is 55.8. The molecule has 2 fully saturated rings. The third-order valence-corrected chi connectivity index (χ3v) is 8.48. The van der Waals surface area contributed by atoms with E-state index >= 15 is 0 Å². The third kappa shape index (κ3) is 5.53. The van der Waals surface area contributed by atoms with Crippen molar-refractivity contribution in [3.05, 3.63) is 75.8 Å². The summed E-state index contributed by atoms with van der Waals surface area (Å²) in [7, 11) is 0. The number of ketones is 1. The fourth-order valence-corrected chi connectivity index (χ4v) is 6.18. The molecule has 43 heavy (non-hydrogen) atoms. The minimum Gasteiger partial charge on any atom is -0.368 e. The van der Waals surface area contributed by atoms with Crippen molar-refractivity contribution < 1.29 is 14.8 Å². The van der Waals surface area contributed by atoms with Crippen LogP contribution in [0.25, 0.3) is 11.0 Å². The van der Waals surface area contributed by atoms with E-state index < -0.39 is 5.91 Å². The summed E-state index contributed by atoms with van der Waals surface area (Å²) >= 11 is 0. The van der Waals surface area contributed by atoms with Gasteiger partial charge in [-0.15, -0.1) is 0 Å². The zero-order chi connectivity index (χ0) is 30.1. The Kier molecular flexibility index (Phi) is 7.76. The fourth-order valence-electron chi connectivity index (χ4n) is 6.18. The highest BCUT2D eigenvalue weighted by molar-refractivity contribution is 5.99. The van der Waals surface area contributed by atoms with Crippen LogP contribution < -0.4 is 26.2 Å². The maximum Gasteiger partial charge on any atom is 0.274 e. The van der Waals surface area contributed by atoms with Gasteiger partial charge in [-0.2, -0.15) is 4.98 Å². The number of rotatable bonds is 7. The smallest absolute Gasteiger partial charge is 0.274 e. The van der Waals surface area contributed by atoms with Gasteiger partial charge >= 0.3 is 0 Å². The quantitative estimate of drug-likeness (QED) is 0.166. The second-order valence-electron chi connectivity index (χ2n) is 11.1. The molecule has 0 radical (unpaired) electrons. The molecule has 0 unspecified atom stereocenters. The van der Waals surface area contributed by atoms with Gasteiger partial charge in [-0.1, -0.05) is 12.8 Å². The van der Waals surface area contributed by atoms with Crippen LogP contribution in [0.3, 0.4) is 0 Å². The number of amides is 1. The fraction of sp³-hybridized carbons (Fsp3) is 0.355. The molecule has 1 saturated carbocycles. The van der Waals surface area contributed by atoms with Gasteiger partial charge in [0.05, 0.1) is 17.4 Å². The Morgan fingerprint density at radius 3 is 2.16 bits per heavy atom. The van der Waals surface area contributed by atoms with Gasteiger partial charge in [0.15, 0.2) is 5.78 Å². The van der Waals surface area contributed by atoms with Gasteiger partial charge in [0.1, 0.15) is 11.5 Å². The van der Waals surface area contributed by atoms with E-state index in [0.717, 1.165) is 63.2 Å². The molecule has 222 valence electrons. The first-order valence-corrected chi connectivity index (χ1v) is 14.5. The molecular formula is C31H34N8O4. The van der Waals surface area contributed by atoms with Crippen molar-refractivity contribution in [2.75, 3.05) is 41.3 Å². The van der Waals surface area contributed by atoms with E-state index in [1.165, 1.54) is 6.92 Å². The number of benzene rings is 1. The topological polar surface area (TPSA) is 146 Å². The molecular weight excluding hydrogens is 548 g/mol. The van der Waals surface area contributed by atoms with Gasteiger partial charge in [-0.05, 0) is 68.7 Å². The molecule has 3 aromatic heterocycles. The number of carbonyl (C=O) groups excluding carboxylic acids is 2. The highest BCUT2D eigenvalue weighted by Crippen LogP contribution is 2.32. The number of fused-ring (bicyclic) bond motifs is 1. The highest BCUT2D eigenvalue weighted by atomic mass is 16.5. The lowest BCUT2D eigenvalue weighted by molar-refractivity contribution is 0.0706. The first-order valence-electron chi connectivity index (χ1n) is 14.5. The number of hydrogen-bond donors (Lipinski definition) is 3. The number of nitrogens with zero attached hydrogens (tertiary/aromatic N) is 6. The van der Waals surface area contributed by atoms with E-state index in [0.29, 0.717) is 33.9 Å². The number of carbonyl (C=O) groups is 2. The lowest BCUT2D eigenvalue weighted by Gasteiger charge is -2.37. The lowest BCUT2D eigenvalue weighted by atomic mass is 10.0. The van der Waals surface area contributed by atoms with E-state index in [1.807, 2.05) is 30.5 Å². The Morgan fingerprint density at radius 2 is 1.56 bits per heavy atom. The molecule has 4 heterocycles. The van der Waals surface area contributed by atoms with Crippen molar-refractivity contribution in [3.63, 3.8) is 0 Å². The number of hydrogen-bond acceptors (Lipinski definition) is 10. The van der Waals surface area contributed by atoms with Crippen molar-refractivity contribution in [1.82, 2.24) is 25.0 Å². The monoisotopic (exact) mass is 582 g/mol. The zero-order valence-corrected chi connectivity index (χ0v) is 24.2. The molecule has 2 aliphatic rings. The Morgan fingerprint density at radius 1 is 0.907 bits per heavy atom. The number of aromatic nitrogens is 4. The average Bonchev–Trinajstić information content (AvgIpc) is 3.56. The molecule has 3 N–H and O–H groups in total. The predicted molar refractivity (Wildman–Crippen MR) is 164 cm³/mol. The molecule has 1 saturated heterocycles. The van der Waals surface area contributed by atoms with Gasteiger partial charge in [0, 0.05) is 55.1 Å². The van der Waals surface area contributed by atoms with Gasteiger partial charge in [-0.3, -0.25) is 24.2 Å². The SMILES string of the molecule is CC(=O)c1c(C)c2cnc(Nc3ccc(N4CCN(c5ccc(C(=O)NO)cc5)CC4)cn3)nc2n(C2CCCC2)c1=O. The number of anilines is 4. The Bertz CT molecular complexity index is 1720. The molecule has 0 atom stereocenters. The molecule has 1 aliphatic heterocycles. The first-order chi connectivity index (χ1) is 20.8. The van der Waals surface area contributed by atoms with Crippen LogP contribution in [-0.2, 0) is 0 Å². The Balaban J connectivity index is 1.16. The highest BCUT2D eigenvalue weighted by Gasteiger charge is 2.26. The van der Waals surface area contributed by atoms with Crippen molar-refractivity contribution in [1.29, 1.82) is 0 Å². The molecule has 6 rings (SSSR count). The maximum absolute atomic E-state index is 13.5. The lowest BCUT2D eigenvalue weighted by Crippen LogP contribution is -2.46. The summed E-state index contributed by atoms with van der Waals surface area (Å²) in [6, 6.07) is 11.1. The van der Waals surface area contributed by atoms with Crippen LogP contribution in [0.1, 0.15) is 64.9 Å². The summed E-state index contributed by atoms with van der Waals surface area (Å²) in [5.74, 6) is 0.148. The van der Waals surface area contributed by atoms with Crippen molar-refractivity contribution in [3.8, 4) is 0 Å². The van der Waals surface area contributed by atoms with Crippen LogP contribution in [0.2, 0.25) is 0 Å². The average molecular weight is 583 g/mol. The van der Waals surface area contributed by atoms with Crippen LogP contribution in [-0.4, -0.2) is 62.6 Å². The molecule has 12 heteroatoms. The first kappa shape index (κ1) is 28.3. The van der Waals surface area contributed by atoms with Gasteiger partial charge in [0.25, 0.3) is 11.5 Å². The van der Waals surface area contributed by atoms with E-state index in [4.69, 9.17) is 10.2 Å². The normalized spacial score (nSPS) is 15.6. The molecule has 1 amide bonds. The van der Waals surface area contributed by atoms with E-state index in [-0.39, 0.29) is 22.9 Å². The number of piperazine rings is 1. The molecule has 1 aliphatic carbocycles.